The predicted molar refractivity (Wildman–Crippen MR) is 70.0 cm³/mol. The molecule has 0 bridgehead atoms. The number of nitrogens with one attached hydrogen (secondary N) is 1. The summed E-state index contributed by atoms with van der Waals surface area (Å²) in [6.45, 7) is -0.148. The van der Waals surface area contributed by atoms with E-state index in [1.54, 1.807) is 0 Å². The number of fused-ring (bicyclic) bond motifs is 1. The van der Waals surface area contributed by atoms with Crippen LogP contribution in [0.4, 0.5) is 11.8 Å². The monoisotopic (exact) mass is 278 g/mol. The molecule has 2 heterocycles. The normalized spacial score (nSPS) is 16.2. The Balaban J connectivity index is 1.98. The SMILES string of the molecule is Nc1nc(NC2CC2)c2ncn(CC(O)C(=O)O)c2n1. The Hall–Kier alpha value is -2.42. The number of nitrogens with zero attached hydrogens (tertiary/aromatic N) is 4. The fraction of sp³-hybridized carbons (Fsp3) is 0.455. The first kappa shape index (κ1) is 12.6. The number of aliphatic hydroxyl groups excluding tert-OH is 1. The highest BCUT2D eigenvalue weighted by Gasteiger charge is 2.24. The van der Waals surface area contributed by atoms with E-state index in [9.17, 15) is 9.90 Å². The topological polar surface area (TPSA) is 139 Å². The van der Waals surface area contributed by atoms with Crippen molar-refractivity contribution < 1.29 is 15.0 Å². The molecule has 0 radical (unpaired) electrons. The Kier molecular flexibility index (Phi) is 2.90. The number of rotatable bonds is 5. The largest absolute Gasteiger partial charge is 0.479 e. The van der Waals surface area contributed by atoms with Crippen LogP contribution in [-0.4, -0.2) is 47.8 Å². The Morgan fingerprint density at radius 3 is 2.95 bits per heavy atom. The van der Waals surface area contributed by atoms with E-state index in [-0.39, 0.29) is 12.5 Å². The van der Waals surface area contributed by atoms with E-state index < -0.39 is 12.1 Å². The van der Waals surface area contributed by atoms with Crippen molar-refractivity contribution in [3.8, 4) is 0 Å². The lowest BCUT2D eigenvalue weighted by Crippen LogP contribution is -2.25. The summed E-state index contributed by atoms with van der Waals surface area (Å²) < 4.78 is 1.45. The number of hydrogen-bond donors (Lipinski definition) is 4. The number of nitrogen functional groups attached to an aromatic ring is 1. The molecular formula is C11H14N6O3. The molecule has 9 heteroatoms. The Bertz CT molecular complexity index is 665. The molecule has 5 N–H and O–H groups in total. The molecule has 2 aromatic heterocycles. The van der Waals surface area contributed by atoms with Gasteiger partial charge >= 0.3 is 5.97 Å². The fourth-order valence-corrected chi connectivity index (χ4v) is 1.88. The van der Waals surface area contributed by atoms with Crippen LogP contribution in [0.25, 0.3) is 11.2 Å². The number of carbonyl (C=O) groups is 1. The molecule has 0 amide bonds. The van der Waals surface area contributed by atoms with Gasteiger partial charge in [-0.05, 0) is 12.8 Å². The molecule has 20 heavy (non-hydrogen) atoms. The van der Waals surface area contributed by atoms with E-state index in [0.717, 1.165) is 12.8 Å². The highest BCUT2D eigenvalue weighted by atomic mass is 16.4. The molecule has 1 saturated carbocycles. The van der Waals surface area contributed by atoms with Crippen LogP contribution in [-0.2, 0) is 11.3 Å². The second-order valence-electron chi connectivity index (χ2n) is 4.77. The third-order valence-corrected chi connectivity index (χ3v) is 3.05. The zero-order valence-corrected chi connectivity index (χ0v) is 10.5. The summed E-state index contributed by atoms with van der Waals surface area (Å²) in [5.41, 5.74) is 6.58. The van der Waals surface area contributed by atoms with Crippen molar-refractivity contribution in [3.05, 3.63) is 6.33 Å². The first-order chi connectivity index (χ1) is 9.54. The van der Waals surface area contributed by atoms with E-state index in [1.807, 2.05) is 0 Å². The van der Waals surface area contributed by atoms with E-state index in [1.165, 1.54) is 10.9 Å². The fourth-order valence-electron chi connectivity index (χ4n) is 1.88. The highest BCUT2D eigenvalue weighted by molar-refractivity contribution is 5.84. The zero-order chi connectivity index (χ0) is 14.3. The predicted octanol–water partition coefficient (Wildman–Crippen LogP) is -0.572. The Morgan fingerprint density at radius 1 is 1.55 bits per heavy atom. The van der Waals surface area contributed by atoms with Crippen LogP contribution in [0, 0.1) is 0 Å². The van der Waals surface area contributed by atoms with E-state index in [4.69, 9.17) is 10.8 Å². The smallest absolute Gasteiger partial charge is 0.334 e. The maximum atomic E-state index is 10.7. The van der Waals surface area contributed by atoms with Gasteiger partial charge in [0.25, 0.3) is 0 Å². The van der Waals surface area contributed by atoms with Crippen LogP contribution in [0.2, 0.25) is 0 Å². The molecule has 0 aromatic carbocycles. The molecule has 1 atom stereocenters. The molecule has 1 fully saturated rings. The number of aliphatic carboxylic acids is 1. The van der Waals surface area contributed by atoms with Crippen molar-refractivity contribution in [2.45, 2.75) is 31.5 Å². The van der Waals surface area contributed by atoms with Crippen molar-refractivity contribution in [1.82, 2.24) is 19.5 Å². The minimum absolute atomic E-state index is 0.0761. The van der Waals surface area contributed by atoms with Crippen molar-refractivity contribution >= 4 is 28.9 Å². The van der Waals surface area contributed by atoms with Gasteiger partial charge in [-0.3, -0.25) is 0 Å². The molecule has 2 aromatic rings. The Labute approximate surface area is 113 Å². The summed E-state index contributed by atoms with van der Waals surface area (Å²) in [5, 5.41) is 21.4. The molecule has 3 rings (SSSR count). The van der Waals surface area contributed by atoms with Gasteiger partial charge in [-0.2, -0.15) is 9.97 Å². The molecule has 1 aliphatic carbocycles. The van der Waals surface area contributed by atoms with Gasteiger partial charge in [0.2, 0.25) is 5.95 Å². The molecule has 1 unspecified atom stereocenters. The van der Waals surface area contributed by atoms with Crippen LogP contribution in [0.5, 0.6) is 0 Å². The van der Waals surface area contributed by atoms with Gasteiger partial charge in [0.05, 0.1) is 12.9 Å². The van der Waals surface area contributed by atoms with Crippen LogP contribution < -0.4 is 11.1 Å². The summed E-state index contributed by atoms with van der Waals surface area (Å²) in [6.07, 6.45) is 2.04. The van der Waals surface area contributed by atoms with Gasteiger partial charge < -0.3 is 25.8 Å². The maximum absolute atomic E-state index is 10.7. The third-order valence-electron chi connectivity index (χ3n) is 3.05. The highest BCUT2D eigenvalue weighted by Crippen LogP contribution is 2.27. The van der Waals surface area contributed by atoms with Crippen molar-refractivity contribution in [3.63, 3.8) is 0 Å². The number of aromatic nitrogens is 4. The second-order valence-corrected chi connectivity index (χ2v) is 4.77. The second kappa shape index (κ2) is 4.60. The number of anilines is 2. The van der Waals surface area contributed by atoms with E-state index in [2.05, 4.69) is 20.3 Å². The maximum Gasteiger partial charge on any atom is 0.334 e. The van der Waals surface area contributed by atoms with E-state index >= 15 is 0 Å². The van der Waals surface area contributed by atoms with Gasteiger partial charge in [0.1, 0.15) is 0 Å². The number of carboxylic acid groups (broad SMARTS) is 1. The molecule has 9 nitrogen and oxygen atoms in total. The minimum Gasteiger partial charge on any atom is -0.479 e. The Morgan fingerprint density at radius 2 is 2.30 bits per heavy atom. The van der Waals surface area contributed by atoms with Crippen LogP contribution >= 0.6 is 0 Å². The quantitative estimate of drug-likeness (QED) is 0.570. The average molecular weight is 278 g/mol. The van der Waals surface area contributed by atoms with Crippen LogP contribution in [0.15, 0.2) is 6.33 Å². The molecule has 0 saturated heterocycles. The molecule has 106 valence electrons. The number of carboxylic acids is 1. The lowest BCUT2D eigenvalue weighted by atomic mass is 10.3. The minimum atomic E-state index is -1.52. The summed E-state index contributed by atoms with van der Waals surface area (Å²) in [5.74, 6) is -0.684. The number of nitrogens with two attached hydrogens (primary N) is 1. The molecule has 0 aliphatic heterocycles. The summed E-state index contributed by atoms with van der Waals surface area (Å²) in [7, 11) is 0. The first-order valence-electron chi connectivity index (χ1n) is 6.20. The van der Waals surface area contributed by atoms with Crippen molar-refractivity contribution in [1.29, 1.82) is 0 Å². The number of aliphatic hydroxyl groups is 1. The van der Waals surface area contributed by atoms with Gasteiger partial charge in [-0.15, -0.1) is 0 Å². The van der Waals surface area contributed by atoms with Crippen molar-refractivity contribution in [2.75, 3.05) is 11.1 Å². The van der Waals surface area contributed by atoms with Gasteiger partial charge in [-0.1, -0.05) is 0 Å². The van der Waals surface area contributed by atoms with Gasteiger partial charge in [0.15, 0.2) is 23.1 Å². The standard InChI is InChI=1S/C11H14N6O3/c12-11-15-8(14-5-1-2-5)7-9(16-11)17(4-13-7)3-6(18)10(19)20/h4-6,18H,1-3H2,(H,19,20)(H3,12,14,15,16). The first-order valence-corrected chi connectivity index (χ1v) is 6.20. The van der Waals surface area contributed by atoms with Gasteiger partial charge in [-0.25, -0.2) is 9.78 Å². The van der Waals surface area contributed by atoms with E-state index in [0.29, 0.717) is 23.0 Å². The van der Waals surface area contributed by atoms with Crippen LogP contribution in [0.1, 0.15) is 12.8 Å². The van der Waals surface area contributed by atoms with Crippen LogP contribution in [0.3, 0.4) is 0 Å². The third kappa shape index (κ3) is 2.35. The molecular weight excluding hydrogens is 264 g/mol. The summed E-state index contributed by atoms with van der Waals surface area (Å²) in [4.78, 5) is 23.0. The summed E-state index contributed by atoms with van der Waals surface area (Å²) >= 11 is 0. The molecule has 0 spiro atoms. The lowest BCUT2D eigenvalue weighted by molar-refractivity contribution is -0.147. The van der Waals surface area contributed by atoms with Crippen molar-refractivity contribution in [2.24, 2.45) is 0 Å². The number of imidazole rings is 1. The lowest BCUT2D eigenvalue weighted by Gasteiger charge is -2.08. The average Bonchev–Trinajstić information content (AvgIpc) is 3.11. The number of hydrogen-bond acceptors (Lipinski definition) is 7. The molecule has 1 aliphatic rings. The summed E-state index contributed by atoms with van der Waals surface area (Å²) in [6, 6.07) is 0.377. The zero-order valence-electron chi connectivity index (χ0n) is 10.5. The van der Waals surface area contributed by atoms with Gasteiger partial charge in [0, 0.05) is 6.04 Å².